The van der Waals surface area contributed by atoms with E-state index in [0.29, 0.717) is 37.2 Å². The molecule has 2 rings (SSSR count). The molecular weight excluding hydrogens is 282 g/mol. The molecule has 0 radical (unpaired) electrons. The predicted molar refractivity (Wildman–Crippen MR) is 83.9 cm³/mol. The topological polar surface area (TPSA) is 84.6 Å². The molecule has 0 saturated heterocycles. The van der Waals surface area contributed by atoms with Gasteiger partial charge in [0.1, 0.15) is 5.75 Å². The number of methoxy groups -OCH3 is 1. The number of rotatable bonds is 6. The van der Waals surface area contributed by atoms with Crippen LogP contribution in [0.3, 0.4) is 0 Å². The van der Waals surface area contributed by atoms with E-state index in [1.54, 1.807) is 21.1 Å². The van der Waals surface area contributed by atoms with Crippen LogP contribution in [-0.4, -0.2) is 36.8 Å². The van der Waals surface area contributed by atoms with Gasteiger partial charge >= 0.3 is 0 Å². The molecule has 7 nitrogen and oxygen atoms in total. The van der Waals surface area contributed by atoms with E-state index < -0.39 is 0 Å². The van der Waals surface area contributed by atoms with E-state index in [1.165, 1.54) is 0 Å². The number of ether oxygens (including phenoxy) is 1. The summed E-state index contributed by atoms with van der Waals surface area (Å²) in [5.74, 6) is 2.83. The molecule has 0 saturated carbocycles. The number of hydrogen-bond donors (Lipinski definition) is 2. The Hall–Kier alpha value is -2.57. The predicted octanol–water partition coefficient (Wildman–Crippen LogP) is 1.29. The van der Waals surface area contributed by atoms with Crippen LogP contribution in [0.4, 0.5) is 0 Å². The Bertz CT molecular complexity index is 624. The Morgan fingerprint density at radius 2 is 2.14 bits per heavy atom. The number of benzene rings is 1. The molecule has 0 aliphatic rings. The molecule has 0 aliphatic heterocycles. The van der Waals surface area contributed by atoms with Crippen LogP contribution < -0.4 is 15.4 Å². The highest BCUT2D eigenvalue weighted by Gasteiger charge is 2.05. The van der Waals surface area contributed by atoms with Gasteiger partial charge in [-0.25, -0.2) is 0 Å². The van der Waals surface area contributed by atoms with E-state index in [9.17, 15) is 0 Å². The zero-order valence-electron chi connectivity index (χ0n) is 13.1. The molecule has 0 bridgehead atoms. The van der Waals surface area contributed by atoms with Gasteiger partial charge < -0.3 is 19.9 Å². The molecule has 1 aromatic heterocycles. The Morgan fingerprint density at radius 1 is 1.32 bits per heavy atom. The molecule has 0 spiro atoms. The second kappa shape index (κ2) is 8.02. The van der Waals surface area contributed by atoms with Crippen molar-refractivity contribution in [3.05, 3.63) is 41.5 Å². The molecule has 118 valence electrons. The number of para-hydroxylation sites is 1. The first kappa shape index (κ1) is 15.8. The lowest BCUT2D eigenvalue weighted by Crippen LogP contribution is -2.37. The number of aryl methyl sites for hydroxylation is 1. The zero-order chi connectivity index (χ0) is 15.8. The van der Waals surface area contributed by atoms with Crippen molar-refractivity contribution in [1.82, 2.24) is 20.8 Å². The summed E-state index contributed by atoms with van der Waals surface area (Å²) < 4.78 is 10.4. The fourth-order valence-electron chi connectivity index (χ4n) is 1.98. The first-order valence-electron chi connectivity index (χ1n) is 7.08. The van der Waals surface area contributed by atoms with Crippen LogP contribution in [0.15, 0.2) is 33.8 Å². The van der Waals surface area contributed by atoms with Gasteiger partial charge in [-0.05, 0) is 13.0 Å². The summed E-state index contributed by atoms with van der Waals surface area (Å²) in [6.07, 6.45) is 0.649. The van der Waals surface area contributed by atoms with Crippen molar-refractivity contribution in [3.63, 3.8) is 0 Å². The van der Waals surface area contributed by atoms with Gasteiger partial charge in [-0.3, -0.25) is 4.99 Å². The second-order valence-electron chi connectivity index (χ2n) is 4.65. The van der Waals surface area contributed by atoms with Crippen molar-refractivity contribution < 1.29 is 9.26 Å². The van der Waals surface area contributed by atoms with Crippen LogP contribution in [0.25, 0.3) is 0 Å². The molecule has 0 atom stereocenters. The summed E-state index contributed by atoms with van der Waals surface area (Å²) in [4.78, 5) is 8.34. The molecule has 0 unspecified atom stereocenters. The van der Waals surface area contributed by atoms with Crippen molar-refractivity contribution in [2.45, 2.75) is 19.9 Å². The molecular formula is C15H21N5O2. The number of hydrogen-bond acceptors (Lipinski definition) is 5. The normalized spacial score (nSPS) is 11.3. The summed E-state index contributed by atoms with van der Waals surface area (Å²) in [6.45, 7) is 3.09. The minimum atomic E-state index is 0.616. The number of guanidine groups is 1. The van der Waals surface area contributed by atoms with Crippen molar-refractivity contribution in [3.8, 4) is 5.75 Å². The smallest absolute Gasteiger partial charge is 0.228 e. The average Bonchev–Trinajstić information content (AvgIpc) is 2.96. The van der Waals surface area contributed by atoms with Crippen molar-refractivity contribution >= 4 is 5.96 Å². The van der Waals surface area contributed by atoms with Crippen LogP contribution in [0.5, 0.6) is 5.75 Å². The van der Waals surface area contributed by atoms with E-state index in [2.05, 4.69) is 25.8 Å². The van der Waals surface area contributed by atoms with Gasteiger partial charge in [0.15, 0.2) is 11.8 Å². The summed E-state index contributed by atoms with van der Waals surface area (Å²) in [5.41, 5.74) is 1.07. The quantitative estimate of drug-likeness (QED) is 0.618. The SMILES string of the molecule is CN=C(NCCc1nc(C)no1)NCc1ccccc1OC. The maximum absolute atomic E-state index is 5.32. The average molecular weight is 303 g/mol. The summed E-state index contributed by atoms with van der Waals surface area (Å²) in [7, 11) is 3.40. The van der Waals surface area contributed by atoms with E-state index in [1.807, 2.05) is 24.3 Å². The highest BCUT2D eigenvalue weighted by Crippen LogP contribution is 2.16. The fraction of sp³-hybridized carbons (Fsp3) is 0.400. The number of nitrogens with one attached hydrogen (secondary N) is 2. The van der Waals surface area contributed by atoms with E-state index >= 15 is 0 Å². The number of nitrogens with zero attached hydrogens (tertiary/aromatic N) is 3. The van der Waals surface area contributed by atoms with E-state index in [4.69, 9.17) is 9.26 Å². The highest BCUT2D eigenvalue weighted by atomic mass is 16.5. The first-order chi connectivity index (χ1) is 10.7. The third-order valence-electron chi connectivity index (χ3n) is 3.06. The molecule has 2 aromatic rings. The maximum Gasteiger partial charge on any atom is 0.228 e. The molecule has 0 amide bonds. The summed E-state index contributed by atoms with van der Waals surface area (Å²) in [6, 6.07) is 7.88. The van der Waals surface area contributed by atoms with Crippen molar-refractivity contribution in [2.75, 3.05) is 20.7 Å². The molecule has 0 fully saturated rings. The lowest BCUT2D eigenvalue weighted by Gasteiger charge is -2.13. The molecule has 2 N–H and O–H groups in total. The van der Waals surface area contributed by atoms with Crippen LogP contribution in [0.2, 0.25) is 0 Å². The van der Waals surface area contributed by atoms with E-state index in [0.717, 1.165) is 11.3 Å². The minimum Gasteiger partial charge on any atom is -0.496 e. The second-order valence-corrected chi connectivity index (χ2v) is 4.65. The highest BCUT2D eigenvalue weighted by molar-refractivity contribution is 5.79. The molecule has 22 heavy (non-hydrogen) atoms. The maximum atomic E-state index is 5.32. The number of aliphatic imine (C=N–C) groups is 1. The van der Waals surface area contributed by atoms with Gasteiger partial charge in [0.25, 0.3) is 0 Å². The Balaban J connectivity index is 1.80. The lowest BCUT2D eigenvalue weighted by molar-refractivity contribution is 0.374. The zero-order valence-corrected chi connectivity index (χ0v) is 13.1. The van der Waals surface area contributed by atoms with Crippen LogP contribution in [0.1, 0.15) is 17.3 Å². The number of aromatic nitrogens is 2. The summed E-state index contributed by atoms with van der Waals surface area (Å²) in [5, 5.41) is 10.2. The van der Waals surface area contributed by atoms with Gasteiger partial charge in [0, 0.05) is 32.1 Å². The standard InChI is InChI=1S/C15H21N5O2/c1-11-19-14(22-20-11)8-9-17-15(16-2)18-10-12-6-4-5-7-13(12)21-3/h4-7H,8-10H2,1-3H3,(H2,16,17,18). The monoisotopic (exact) mass is 303 g/mol. The molecule has 1 aromatic carbocycles. The Morgan fingerprint density at radius 3 is 2.82 bits per heavy atom. The first-order valence-corrected chi connectivity index (χ1v) is 7.08. The van der Waals surface area contributed by atoms with Crippen molar-refractivity contribution in [2.24, 2.45) is 4.99 Å². The molecule has 0 aliphatic carbocycles. The third kappa shape index (κ3) is 4.47. The van der Waals surface area contributed by atoms with Gasteiger partial charge in [-0.15, -0.1) is 0 Å². The third-order valence-corrected chi connectivity index (χ3v) is 3.06. The van der Waals surface area contributed by atoms with Crippen molar-refractivity contribution in [1.29, 1.82) is 0 Å². The lowest BCUT2D eigenvalue weighted by atomic mass is 10.2. The summed E-state index contributed by atoms with van der Waals surface area (Å²) >= 11 is 0. The molecule has 7 heteroatoms. The Labute approximate surface area is 129 Å². The van der Waals surface area contributed by atoms with Crippen LogP contribution >= 0.6 is 0 Å². The van der Waals surface area contributed by atoms with Gasteiger partial charge in [-0.1, -0.05) is 23.4 Å². The fourth-order valence-corrected chi connectivity index (χ4v) is 1.98. The van der Waals surface area contributed by atoms with Gasteiger partial charge in [-0.2, -0.15) is 4.98 Å². The Kier molecular flexibility index (Phi) is 5.76. The molecule has 1 heterocycles. The largest absolute Gasteiger partial charge is 0.496 e. The van der Waals surface area contributed by atoms with Crippen LogP contribution in [-0.2, 0) is 13.0 Å². The van der Waals surface area contributed by atoms with Gasteiger partial charge in [0.2, 0.25) is 5.89 Å². The van der Waals surface area contributed by atoms with E-state index in [-0.39, 0.29) is 0 Å². The van der Waals surface area contributed by atoms with Crippen LogP contribution in [0, 0.1) is 6.92 Å². The van der Waals surface area contributed by atoms with Gasteiger partial charge in [0.05, 0.1) is 7.11 Å². The minimum absolute atomic E-state index is 0.616.